The van der Waals surface area contributed by atoms with Gasteiger partial charge in [0.25, 0.3) is 0 Å². The van der Waals surface area contributed by atoms with E-state index in [0.717, 1.165) is 0 Å². The minimum Gasteiger partial charge on any atom is -0.450 e. The molecule has 1 unspecified atom stereocenters. The Bertz CT molecular complexity index is 605. The van der Waals surface area contributed by atoms with Crippen molar-refractivity contribution in [2.75, 3.05) is 51.7 Å². The van der Waals surface area contributed by atoms with E-state index in [9.17, 15) is 9.59 Å². The first-order valence-corrected chi connectivity index (χ1v) is 8.82. The van der Waals surface area contributed by atoms with E-state index in [1.807, 2.05) is 6.92 Å². The molecule has 0 aromatic carbocycles. The van der Waals surface area contributed by atoms with Crippen LogP contribution in [0.3, 0.4) is 0 Å². The first kappa shape index (κ1) is 19.8. The highest BCUT2D eigenvalue weighted by Gasteiger charge is 2.27. The number of carbonyl (C=O) groups is 2. The van der Waals surface area contributed by atoms with E-state index in [1.165, 1.54) is 0 Å². The molecule has 1 fully saturated rings. The normalized spacial score (nSPS) is 15.5. The van der Waals surface area contributed by atoms with Crippen molar-refractivity contribution in [3.63, 3.8) is 0 Å². The molecular formula is C17H27N5O4. The highest BCUT2D eigenvalue weighted by atomic mass is 16.6. The second-order valence-corrected chi connectivity index (χ2v) is 5.81. The van der Waals surface area contributed by atoms with Crippen LogP contribution in [0.5, 0.6) is 0 Å². The minimum absolute atomic E-state index is 0.233. The number of nitrogens with one attached hydrogen (secondary N) is 1. The summed E-state index contributed by atoms with van der Waals surface area (Å²) in [7, 11) is 0. The number of aromatic nitrogens is 1. The van der Waals surface area contributed by atoms with Gasteiger partial charge in [-0.2, -0.15) is 0 Å². The molecule has 144 valence electrons. The molecule has 0 radical (unpaired) electrons. The average molecular weight is 365 g/mol. The first-order valence-electron chi connectivity index (χ1n) is 8.82. The van der Waals surface area contributed by atoms with E-state index < -0.39 is 6.04 Å². The molecule has 9 heteroatoms. The maximum Gasteiger partial charge on any atom is 0.409 e. The van der Waals surface area contributed by atoms with Gasteiger partial charge in [-0.15, -0.1) is 0 Å². The van der Waals surface area contributed by atoms with Gasteiger partial charge < -0.3 is 30.3 Å². The smallest absolute Gasteiger partial charge is 0.409 e. The molecule has 3 N–H and O–H groups in total. The third kappa shape index (κ3) is 5.22. The van der Waals surface area contributed by atoms with Crippen LogP contribution in [0.15, 0.2) is 18.3 Å². The van der Waals surface area contributed by atoms with Crippen molar-refractivity contribution in [2.24, 2.45) is 0 Å². The summed E-state index contributed by atoms with van der Waals surface area (Å²) in [5, 5.41) is 2.93. The van der Waals surface area contributed by atoms with Crippen LogP contribution in [0.1, 0.15) is 25.6 Å². The van der Waals surface area contributed by atoms with Crippen LogP contribution in [0, 0.1) is 0 Å². The predicted molar refractivity (Wildman–Crippen MR) is 96.6 cm³/mol. The van der Waals surface area contributed by atoms with Crippen molar-refractivity contribution >= 4 is 17.8 Å². The van der Waals surface area contributed by atoms with E-state index in [0.29, 0.717) is 50.8 Å². The van der Waals surface area contributed by atoms with E-state index in [-0.39, 0.29) is 18.7 Å². The highest BCUT2D eigenvalue weighted by Crippen LogP contribution is 2.18. The van der Waals surface area contributed by atoms with Crippen LogP contribution in [-0.2, 0) is 9.47 Å². The zero-order valence-electron chi connectivity index (χ0n) is 15.3. The van der Waals surface area contributed by atoms with Crippen LogP contribution in [-0.4, -0.2) is 72.9 Å². The SMILES string of the molecule is CCOCC(NC(=O)N1CCN(C(=O)OCC)CC1)c1ncccc1N. The second kappa shape index (κ2) is 9.81. The molecule has 1 atom stereocenters. The number of pyridine rings is 1. The van der Waals surface area contributed by atoms with Gasteiger partial charge >= 0.3 is 12.1 Å². The van der Waals surface area contributed by atoms with Crippen molar-refractivity contribution in [1.29, 1.82) is 0 Å². The number of ether oxygens (including phenoxy) is 2. The van der Waals surface area contributed by atoms with Gasteiger partial charge in [0.15, 0.2) is 0 Å². The Balaban J connectivity index is 1.95. The third-order valence-electron chi connectivity index (χ3n) is 4.08. The van der Waals surface area contributed by atoms with Crippen LogP contribution in [0.2, 0.25) is 0 Å². The molecule has 1 saturated heterocycles. The second-order valence-electron chi connectivity index (χ2n) is 5.81. The third-order valence-corrected chi connectivity index (χ3v) is 4.08. The molecule has 26 heavy (non-hydrogen) atoms. The van der Waals surface area contributed by atoms with Crippen LogP contribution < -0.4 is 11.1 Å². The molecule has 1 aliphatic heterocycles. The van der Waals surface area contributed by atoms with Crippen molar-refractivity contribution in [3.8, 4) is 0 Å². The summed E-state index contributed by atoms with van der Waals surface area (Å²) in [6, 6.07) is 2.81. The fourth-order valence-electron chi connectivity index (χ4n) is 2.69. The maximum atomic E-state index is 12.6. The predicted octanol–water partition coefficient (Wildman–Crippen LogP) is 1.23. The molecule has 9 nitrogen and oxygen atoms in total. The van der Waals surface area contributed by atoms with Gasteiger partial charge in [0.2, 0.25) is 0 Å². The Morgan fingerprint density at radius 2 is 1.92 bits per heavy atom. The Labute approximate surface area is 153 Å². The molecule has 1 aliphatic rings. The zero-order valence-corrected chi connectivity index (χ0v) is 15.3. The van der Waals surface area contributed by atoms with Gasteiger partial charge in [0, 0.05) is 39.0 Å². The molecule has 1 aromatic rings. The quantitative estimate of drug-likeness (QED) is 0.784. The van der Waals surface area contributed by atoms with Gasteiger partial charge in [-0.3, -0.25) is 4.98 Å². The summed E-state index contributed by atoms with van der Waals surface area (Å²) in [5.74, 6) is 0. The molecule has 0 bridgehead atoms. The number of urea groups is 1. The zero-order chi connectivity index (χ0) is 18.9. The van der Waals surface area contributed by atoms with Gasteiger partial charge in [-0.05, 0) is 26.0 Å². The van der Waals surface area contributed by atoms with Gasteiger partial charge in [-0.25, -0.2) is 9.59 Å². The number of nitrogen functional groups attached to an aromatic ring is 1. The van der Waals surface area contributed by atoms with E-state index in [1.54, 1.807) is 35.1 Å². The van der Waals surface area contributed by atoms with E-state index in [4.69, 9.17) is 15.2 Å². The molecule has 2 heterocycles. The van der Waals surface area contributed by atoms with Crippen LogP contribution in [0.25, 0.3) is 0 Å². The highest BCUT2D eigenvalue weighted by molar-refractivity contribution is 5.75. The summed E-state index contributed by atoms with van der Waals surface area (Å²) < 4.78 is 10.5. The standard InChI is InChI=1S/C17H27N5O4/c1-3-25-12-14(15-13(18)6-5-7-19-15)20-16(23)21-8-10-22(11-9-21)17(24)26-4-2/h5-7,14H,3-4,8-12,18H2,1-2H3,(H,20,23). The molecule has 2 rings (SSSR count). The number of carbonyl (C=O) groups excluding carboxylic acids is 2. The molecule has 1 aromatic heterocycles. The molecule has 0 saturated carbocycles. The van der Waals surface area contributed by atoms with Gasteiger partial charge in [-0.1, -0.05) is 0 Å². The van der Waals surface area contributed by atoms with Gasteiger partial charge in [0.1, 0.15) is 0 Å². The molecule has 3 amide bonds. The lowest BCUT2D eigenvalue weighted by Gasteiger charge is -2.34. The van der Waals surface area contributed by atoms with E-state index >= 15 is 0 Å². The number of hydrogen-bond donors (Lipinski definition) is 2. The number of nitrogens with two attached hydrogens (primary N) is 1. The van der Waals surface area contributed by atoms with Crippen molar-refractivity contribution in [1.82, 2.24) is 20.1 Å². The molecule has 0 aliphatic carbocycles. The number of rotatable bonds is 6. The Morgan fingerprint density at radius 1 is 1.23 bits per heavy atom. The maximum absolute atomic E-state index is 12.6. The van der Waals surface area contributed by atoms with Crippen LogP contribution in [0.4, 0.5) is 15.3 Å². The number of anilines is 1. The lowest BCUT2D eigenvalue weighted by Crippen LogP contribution is -2.54. The molecular weight excluding hydrogens is 338 g/mol. The summed E-state index contributed by atoms with van der Waals surface area (Å²) >= 11 is 0. The van der Waals surface area contributed by atoms with Crippen molar-refractivity contribution in [3.05, 3.63) is 24.0 Å². The monoisotopic (exact) mass is 365 g/mol. The number of amides is 3. The number of piperazine rings is 1. The number of hydrogen-bond acceptors (Lipinski definition) is 6. The topological polar surface area (TPSA) is 110 Å². The minimum atomic E-state index is -0.438. The van der Waals surface area contributed by atoms with Gasteiger partial charge in [0.05, 0.1) is 30.6 Å². The summed E-state index contributed by atoms with van der Waals surface area (Å²) in [5.41, 5.74) is 7.07. The first-order chi connectivity index (χ1) is 12.6. The fraction of sp³-hybridized carbons (Fsp3) is 0.588. The Kier molecular flexibility index (Phi) is 7.46. The Hall–Kier alpha value is -2.55. The van der Waals surface area contributed by atoms with Crippen molar-refractivity contribution in [2.45, 2.75) is 19.9 Å². The van der Waals surface area contributed by atoms with Crippen molar-refractivity contribution < 1.29 is 19.1 Å². The lowest BCUT2D eigenvalue weighted by molar-refractivity contribution is 0.0826. The van der Waals surface area contributed by atoms with Crippen LogP contribution >= 0.6 is 0 Å². The largest absolute Gasteiger partial charge is 0.450 e. The Morgan fingerprint density at radius 3 is 2.54 bits per heavy atom. The molecule has 0 spiro atoms. The summed E-state index contributed by atoms with van der Waals surface area (Å²) in [4.78, 5) is 31.9. The van der Waals surface area contributed by atoms with E-state index in [2.05, 4.69) is 10.3 Å². The average Bonchev–Trinajstić information content (AvgIpc) is 2.66. The summed E-state index contributed by atoms with van der Waals surface area (Å²) in [6.07, 6.45) is 1.29. The summed E-state index contributed by atoms with van der Waals surface area (Å²) in [6.45, 7) is 6.54. The lowest BCUT2D eigenvalue weighted by atomic mass is 10.1. The number of nitrogens with zero attached hydrogens (tertiary/aromatic N) is 3. The fourth-order valence-corrected chi connectivity index (χ4v) is 2.69.